The van der Waals surface area contributed by atoms with Crippen LogP contribution in [-0.4, -0.2) is 33.6 Å². The molecule has 118 valence electrons. The average molecular weight is 392 g/mol. The normalized spacial score (nSPS) is 10.9. The third-order valence-corrected chi connectivity index (χ3v) is 5.07. The molecule has 0 saturated carbocycles. The number of hydrogen-bond donors (Lipinski definition) is 0. The van der Waals surface area contributed by atoms with E-state index in [0.29, 0.717) is 11.7 Å². The number of benzene rings is 2. The fraction of sp³-hybridized carbons (Fsp3) is 0.188. The molecule has 0 radical (unpaired) electrons. The molecule has 0 bridgehead atoms. The Kier molecular flexibility index (Phi) is 4.97. The SMILES string of the molecule is COC(=O)CSc1nncn1Cc1ccc(Br)c2ccccc12. The van der Waals surface area contributed by atoms with Gasteiger partial charge < -0.3 is 9.30 Å². The molecule has 0 atom stereocenters. The van der Waals surface area contributed by atoms with Crippen LogP contribution in [0.4, 0.5) is 0 Å². The van der Waals surface area contributed by atoms with Crippen LogP contribution in [0.1, 0.15) is 5.56 Å². The Bertz CT molecular complexity index is 850. The lowest BCUT2D eigenvalue weighted by atomic mass is 10.0. The van der Waals surface area contributed by atoms with Crippen molar-refractivity contribution in [2.24, 2.45) is 0 Å². The number of methoxy groups -OCH3 is 1. The zero-order valence-electron chi connectivity index (χ0n) is 12.4. The largest absolute Gasteiger partial charge is 0.468 e. The van der Waals surface area contributed by atoms with E-state index >= 15 is 0 Å². The van der Waals surface area contributed by atoms with Crippen molar-refractivity contribution >= 4 is 44.4 Å². The minimum Gasteiger partial charge on any atom is -0.468 e. The van der Waals surface area contributed by atoms with Gasteiger partial charge in [-0.05, 0) is 22.4 Å². The Morgan fingerprint density at radius 1 is 1.26 bits per heavy atom. The minimum absolute atomic E-state index is 0.219. The number of thioether (sulfide) groups is 1. The zero-order chi connectivity index (χ0) is 16.2. The summed E-state index contributed by atoms with van der Waals surface area (Å²) in [4.78, 5) is 11.3. The molecule has 0 fully saturated rings. The van der Waals surface area contributed by atoms with Gasteiger partial charge in [0.1, 0.15) is 6.33 Å². The van der Waals surface area contributed by atoms with E-state index < -0.39 is 0 Å². The molecular weight excluding hydrogens is 378 g/mol. The van der Waals surface area contributed by atoms with Crippen molar-refractivity contribution in [2.45, 2.75) is 11.7 Å². The Balaban J connectivity index is 1.87. The summed E-state index contributed by atoms with van der Waals surface area (Å²) in [6.45, 7) is 0.643. The standard InChI is InChI=1S/C16H14BrN3O2S/c1-22-15(21)9-23-16-19-18-10-20(16)8-11-6-7-14(17)13-5-3-2-4-12(11)13/h2-7,10H,8-9H2,1H3. The number of fused-ring (bicyclic) bond motifs is 1. The van der Waals surface area contributed by atoms with E-state index in [2.05, 4.69) is 49.1 Å². The highest BCUT2D eigenvalue weighted by Crippen LogP contribution is 2.28. The summed E-state index contributed by atoms with van der Waals surface area (Å²) >= 11 is 4.90. The van der Waals surface area contributed by atoms with Crippen LogP contribution >= 0.6 is 27.7 Å². The van der Waals surface area contributed by atoms with Crippen LogP contribution < -0.4 is 0 Å². The molecule has 3 rings (SSSR count). The maximum Gasteiger partial charge on any atom is 0.316 e. The zero-order valence-corrected chi connectivity index (χ0v) is 14.8. The van der Waals surface area contributed by atoms with Crippen LogP contribution in [0.15, 0.2) is 52.4 Å². The van der Waals surface area contributed by atoms with Crippen molar-refractivity contribution in [1.82, 2.24) is 14.8 Å². The predicted molar refractivity (Wildman–Crippen MR) is 93.5 cm³/mol. The van der Waals surface area contributed by atoms with Gasteiger partial charge in [0.15, 0.2) is 5.16 Å². The molecule has 1 heterocycles. The second kappa shape index (κ2) is 7.14. The van der Waals surface area contributed by atoms with Crippen LogP contribution in [0.5, 0.6) is 0 Å². The number of nitrogens with zero attached hydrogens (tertiary/aromatic N) is 3. The van der Waals surface area contributed by atoms with Crippen molar-refractivity contribution in [2.75, 3.05) is 12.9 Å². The fourth-order valence-electron chi connectivity index (χ4n) is 2.29. The summed E-state index contributed by atoms with van der Waals surface area (Å²) in [5.74, 6) is -0.0605. The van der Waals surface area contributed by atoms with Crippen LogP contribution in [0.25, 0.3) is 10.8 Å². The van der Waals surface area contributed by atoms with Crippen molar-refractivity contribution < 1.29 is 9.53 Å². The first-order chi connectivity index (χ1) is 11.2. The van der Waals surface area contributed by atoms with E-state index in [1.807, 2.05) is 22.8 Å². The van der Waals surface area contributed by atoms with Crippen molar-refractivity contribution in [3.63, 3.8) is 0 Å². The van der Waals surface area contributed by atoms with Gasteiger partial charge in [-0.1, -0.05) is 58.0 Å². The molecule has 0 unspecified atom stereocenters. The van der Waals surface area contributed by atoms with Crippen LogP contribution in [-0.2, 0) is 16.1 Å². The molecule has 2 aromatic carbocycles. The van der Waals surface area contributed by atoms with Crippen LogP contribution in [0.2, 0.25) is 0 Å². The summed E-state index contributed by atoms with van der Waals surface area (Å²) < 4.78 is 7.66. The monoisotopic (exact) mass is 391 g/mol. The van der Waals surface area contributed by atoms with E-state index in [1.165, 1.54) is 35.2 Å². The second-order valence-electron chi connectivity index (χ2n) is 4.86. The Morgan fingerprint density at radius 3 is 2.83 bits per heavy atom. The number of carbonyl (C=O) groups is 1. The number of aromatic nitrogens is 3. The van der Waals surface area contributed by atoms with Gasteiger partial charge in [-0.15, -0.1) is 10.2 Å². The molecule has 0 saturated heterocycles. The lowest BCUT2D eigenvalue weighted by Crippen LogP contribution is -2.06. The number of rotatable bonds is 5. The first-order valence-electron chi connectivity index (χ1n) is 6.92. The van der Waals surface area contributed by atoms with Crippen LogP contribution in [0.3, 0.4) is 0 Å². The topological polar surface area (TPSA) is 57.0 Å². The van der Waals surface area contributed by atoms with Gasteiger partial charge in [0.05, 0.1) is 19.4 Å². The number of carbonyl (C=O) groups excluding carboxylic acids is 1. The van der Waals surface area contributed by atoms with E-state index in [1.54, 1.807) is 6.33 Å². The molecule has 5 nitrogen and oxygen atoms in total. The number of esters is 1. The molecule has 23 heavy (non-hydrogen) atoms. The Labute approximate surface area is 146 Å². The highest BCUT2D eigenvalue weighted by Gasteiger charge is 2.11. The van der Waals surface area contributed by atoms with Gasteiger partial charge >= 0.3 is 5.97 Å². The fourth-order valence-corrected chi connectivity index (χ4v) is 3.52. The first-order valence-corrected chi connectivity index (χ1v) is 8.70. The van der Waals surface area contributed by atoms with Gasteiger partial charge in [-0.3, -0.25) is 4.79 Å². The lowest BCUT2D eigenvalue weighted by Gasteiger charge is -2.10. The second-order valence-corrected chi connectivity index (χ2v) is 6.66. The summed E-state index contributed by atoms with van der Waals surface area (Å²) in [6.07, 6.45) is 1.68. The van der Waals surface area contributed by atoms with E-state index in [9.17, 15) is 4.79 Å². The highest BCUT2D eigenvalue weighted by molar-refractivity contribution is 9.10. The molecule has 3 aromatic rings. The van der Waals surface area contributed by atoms with Gasteiger partial charge in [0, 0.05) is 4.47 Å². The van der Waals surface area contributed by atoms with Crippen LogP contribution in [0, 0.1) is 0 Å². The van der Waals surface area contributed by atoms with E-state index in [0.717, 1.165) is 4.47 Å². The maximum atomic E-state index is 11.3. The van der Waals surface area contributed by atoms with Gasteiger partial charge in [0.25, 0.3) is 0 Å². The van der Waals surface area contributed by atoms with Crippen molar-refractivity contribution in [1.29, 1.82) is 0 Å². The minimum atomic E-state index is -0.279. The molecule has 0 N–H and O–H groups in total. The Hall–Kier alpha value is -1.86. The maximum absolute atomic E-state index is 11.3. The van der Waals surface area contributed by atoms with Gasteiger partial charge in [-0.2, -0.15) is 0 Å². The molecule has 7 heteroatoms. The molecular formula is C16H14BrN3O2S. The number of halogens is 1. The summed E-state index contributed by atoms with van der Waals surface area (Å²) in [5.41, 5.74) is 1.17. The summed E-state index contributed by atoms with van der Waals surface area (Å²) in [7, 11) is 1.38. The van der Waals surface area contributed by atoms with Crippen molar-refractivity contribution in [3.8, 4) is 0 Å². The smallest absolute Gasteiger partial charge is 0.316 e. The average Bonchev–Trinajstić information content (AvgIpc) is 3.02. The molecule has 0 spiro atoms. The number of ether oxygens (including phenoxy) is 1. The number of hydrogen-bond acceptors (Lipinski definition) is 5. The third kappa shape index (κ3) is 3.56. The molecule has 0 aliphatic heterocycles. The third-order valence-electron chi connectivity index (χ3n) is 3.43. The predicted octanol–water partition coefficient (Wildman–Crippen LogP) is 3.51. The van der Waals surface area contributed by atoms with Gasteiger partial charge in [0.2, 0.25) is 0 Å². The summed E-state index contributed by atoms with van der Waals surface area (Å²) in [6, 6.07) is 12.4. The first kappa shape index (κ1) is 16.0. The van der Waals surface area contributed by atoms with E-state index in [4.69, 9.17) is 0 Å². The van der Waals surface area contributed by atoms with E-state index in [-0.39, 0.29) is 11.7 Å². The quantitative estimate of drug-likeness (QED) is 0.491. The van der Waals surface area contributed by atoms with Gasteiger partial charge in [-0.25, -0.2) is 0 Å². The Morgan fingerprint density at radius 2 is 2.04 bits per heavy atom. The molecule has 0 aliphatic carbocycles. The lowest BCUT2D eigenvalue weighted by molar-refractivity contribution is -0.137. The highest BCUT2D eigenvalue weighted by atomic mass is 79.9. The van der Waals surface area contributed by atoms with Crippen molar-refractivity contribution in [3.05, 3.63) is 52.8 Å². The molecule has 0 aliphatic rings. The molecule has 0 amide bonds. The summed E-state index contributed by atoms with van der Waals surface area (Å²) in [5, 5.41) is 11.1. The molecule has 1 aromatic heterocycles.